The molecule has 0 heterocycles. The number of carbonyl (C=O) groups excluding carboxylic acids is 1. The smallest absolute Gasteiger partial charge is 0.259 e. The Hall–Kier alpha value is -2.78. The molecule has 0 fully saturated rings. The minimum atomic E-state index is -0.178. The fourth-order valence-electron chi connectivity index (χ4n) is 3.05. The lowest BCUT2D eigenvalue weighted by Crippen LogP contribution is -2.16. The lowest BCUT2D eigenvalue weighted by molar-refractivity contribution is 0.102. The van der Waals surface area contributed by atoms with Crippen molar-refractivity contribution < 1.29 is 9.53 Å². The molecular weight excluding hydrogens is 370 g/mol. The first-order valence-corrected chi connectivity index (χ1v) is 9.70. The molecule has 4 heteroatoms. The second kappa shape index (κ2) is 8.94. The highest BCUT2D eigenvalue weighted by Gasteiger charge is 2.16. The zero-order valence-electron chi connectivity index (χ0n) is 16.3. The molecule has 28 heavy (non-hydrogen) atoms. The minimum absolute atomic E-state index is 0.178. The highest BCUT2D eigenvalue weighted by molar-refractivity contribution is 6.30. The van der Waals surface area contributed by atoms with Gasteiger partial charge in [0.15, 0.2) is 0 Å². The van der Waals surface area contributed by atoms with E-state index >= 15 is 0 Å². The van der Waals surface area contributed by atoms with Crippen LogP contribution in [0.1, 0.15) is 46.8 Å². The molecule has 0 radical (unpaired) electrons. The van der Waals surface area contributed by atoms with Gasteiger partial charge in [0.05, 0.1) is 5.56 Å². The summed E-state index contributed by atoms with van der Waals surface area (Å²) in [7, 11) is 0. The second-order valence-electron chi connectivity index (χ2n) is 7.06. The fraction of sp³-hybridized carbons (Fsp3) is 0.208. The van der Waals surface area contributed by atoms with Crippen LogP contribution in [0.5, 0.6) is 5.75 Å². The number of carbonyl (C=O) groups is 1. The van der Waals surface area contributed by atoms with Gasteiger partial charge in [-0.3, -0.25) is 4.79 Å². The van der Waals surface area contributed by atoms with Crippen molar-refractivity contribution in [2.45, 2.75) is 33.3 Å². The Balaban J connectivity index is 1.81. The van der Waals surface area contributed by atoms with Crippen molar-refractivity contribution in [2.24, 2.45) is 0 Å². The number of para-hydroxylation sites is 2. The number of amides is 1. The summed E-state index contributed by atoms with van der Waals surface area (Å²) in [5, 5.41) is 3.77. The van der Waals surface area contributed by atoms with Crippen molar-refractivity contribution in [1.82, 2.24) is 0 Å². The molecule has 3 aromatic carbocycles. The summed E-state index contributed by atoms with van der Waals surface area (Å²) in [6.07, 6.45) is 0. The molecule has 3 nitrogen and oxygen atoms in total. The summed E-state index contributed by atoms with van der Waals surface area (Å²) in [5.74, 6) is 0.684. The first-order valence-electron chi connectivity index (χ1n) is 9.33. The number of rotatable bonds is 6. The first kappa shape index (κ1) is 20.0. The van der Waals surface area contributed by atoms with E-state index in [9.17, 15) is 4.79 Å². The third-order valence-electron chi connectivity index (χ3n) is 4.60. The second-order valence-corrected chi connectivity index (χ2v) is 7.50. The van der Waals surface area contributed by atoms with E-state index in [1.807, 2.05) is 61.5 Å². The summed E-state index contributed by atoms with van der Waals surface area (Å²) in [4.78, 5) is 13.0. The van der Waals surface area contributed by atoms with Gasteiger partial charge in [-0.15, -0.1) is 0 Å². The zero-order valence-corrected chi connectivity index (χ0v) is 17.1. The Bertz CT molecular complexity index is 965. The number of nitrogens with one attached hydrogen (secondary N) is 1. The minimum Gasteiger partial charge on any atom is -0.488 e. The van der Waals surface area contributed by atoms with E-state index in [1.165, 1.54) is 0 Å². The standard InChI is InChI=1S/C24H24ClNO2/c1-16(2)20-9-6-7-17(3)23(20)26-24(27)21-8-4-5-10-22(21)28-15-18-11-13-19(25)14-12-18/h4-14,16H,15H2,1-3H3,(H,26,27). The lowest BCUT2D eigenvalue weighted by atomic mass is 9.98. The highest BCUT2D eigenvalue weighted by Crippen LogP contribution is 2.29. The quantitative estimate of drug-likeness (QED) is 0.512. The molecular formula is C24H24ClNO2. The van der Waals surface area contributed by atoms with E-state index in [4.69, 9.17) is 16.3 Å². The van der Waals surface area contributed by atoms with Gasteiger partial charge >= 0.3 is 0 Å². The topological polar surface area (TPSA) is 38.3 Å². The maximum absolute atomic E-state index is 13.0. The van der Waals surface area contributed by atoms with Crippen LogP contribution in [0.15, 0.2) is 66.7 Å². The molecule has 0 spiro atoms. The van der Waals surface area contributed by atoms with E-state index in [0.29, 0.717) is 28.9 Å². The van der Waals surface area contributed by atoms with Crippen LogP contribution in [0, 0.1) is 6.92 Å². The molecule has 0 aliphatic heterocycles. The summed E-state index contributed by atoms with van der Waals surface area (Å²) in [6.45, 7) is 6.61. The number of aryl methyl sites for hydroxylation is 1. The monoisotopic (exact) mass is 393 g/mol. The number of benzene rings is 3. The van der Waals surface area contributed by atoms with E-state index in [0.717, 1.165) is 22.4 Å². The van der Waals surface area contributed by atoms with E-state index in [2.05, 4.69) is 25.2 Å². The summed E-state index contributed by atoms with van der Waals surface area (Å²) >= 11 is 5.93. The average molecular weight is 394 g/mol. The zero-order chi connectivity index (χ0) is 20.1. The molecule has 0 bridgehead atoms. The van der Waals surface area contributed by atoms with Gasteiger partial charge in [0, 0.05) is 10.7 Å². The number of ether oxygens (including phenoxy) is 1. The van der Waals surface area contributed by atoms with Crippen molar-refractivity contribution >= 4 is 23.2 Å². The predicted octanol–water partition coefficient (Wildman–Crippen LogP) is 6.60. The van der Waals surface area contributed by atoms with Crippen LogP contribution < -0.4 is 10.1 Å². The van der Waals surface area contributed by atoms with E-state index < -0.39 is 0 Å². The van der Waals surface area contributed by atoms with E-state index in [-0.39, 0.29) is 5.91 Å². The van der Waals surface area contributed by atoms with E-state index in [1.54, 1.807) is 6.07 Å². The predicted molar refractivity (Wildman–Crippen MR) is 115 cm³/mol. The van der Waals surface area contributed by atoms with Crippen molar-refractivity contribution in [1.29, 1.82) is 0 Å². The highest BCUT2D eigenvalue weighted by atomic mass is 35.5. The number of hydrogen-bond acceptors (Lipinski definition) is 2. The van der Waals surface area contributed by atoms with Crippen LogP contribution in [0.2, 0.25) is 5.02 Å². The normalized spacial score (nSPS) is 10.8. The maximum Gasteiger partial charge on any atom is 0.259 e. The van der Waals surface area contributed by atoms with Gasteiger partial charge in [-0.25, -0.2) is 0 Å². The average Bonchev–Trinajstić information content (AvgIpc) is 2.69. The molecule has 1 amide bonds. The SMILES string of the molecule is Cc1cccc(C(C)C)c1NC(=O)c1ccccc1OCc1ccc(Cl)cc1. The summed E-state index contributed by atoms with van der Waals surface area (Å²) in [6, 6.07) is 20.8. The van der Waals surface area contributed by atoms with Crippen LogP contribution in [0.25, 0.3) is 0 Å². The molecule has 3 aromatic rings. The van der Waals surface area contributed by atoms with Gasteiger partial charge in [0.25, 0.3) is 5.91 Å². The van der Waals surface area contributed by atoms with Crippen LogP contribution in [-0.4, -0.2) is 5.91 Å². The number of halogens is 1. The molecule has 0 aromatic heterocycles. The third-order valence-corrected chi connectivity index (χ3v) is 4.86. The van der Waals surface area contributed by atoms with Gasteiger partial charge in [-0.1, -0.05) is 67.9 Å². The van der Waals surface area contributed by atoms with Gasteiger partial charge in [-0.05, 0) is 53.8 Å². The lowest BCUT2D eigenvalue weighted by Gasteiger charge is -2.17. The van der Waals surface area contributed by atoms with Crippen LogP contribution >= 0.6 is 11.6 Å². The molecule has 3 rings (SSSR count). The number of hydrogen-bond donors (Lipinski definition) is 1. The fourth-order valence-corrected chi connectivity index (χ4v) is 3.17. The molecule has 0 saturated heterocycles. The third kappa shape index (κ3) is 4.73. The van der Waals surface area contributed by atoms with Crippen LogP contribution in [0.3, 0.4) is 0 Å². The molecule has 144 valence electrons. The Kier molecular flexibility index (Phi) is 6.37. The van der Waals surface area contributed by atoms with Crippen molar-refractivity contribution in [3.63, 3.8) is 0 Å². The summed E-state index contributed by atoms with van der Waals surface area (Å²) in [5.41, 5.74) is 4.53. The molecule has 0 saturated carbocycles. The van der Waals surface area contributed by atoms with Crippen LogP contribution in [0.4, 0.5) is 5.69 Å². The summed E-state index contributed by atoms with van der Waals surface area (Å²) < 4.78 is 5.93. The Morgan fingerprint density at radius 2 is 1.71 bits per heavy atom. The Morgan fingerprint density at radius 1 is 1.00 bits per heavy atom. The Morgan fingerprint density at radius 3 is 2.43 bits per heavy atom. The van der Waals surface area contributed by atoms with Gasteiger partial charge in [0.2, 0.25) is 0 Å². The molecule has 0 aliphatic rings. The van der Waals surface area contributed by atoms with Crippen molar-refractivity contribution in [2.75, 3.05) is 5.32 Å². The maximum atomic E-state index is 13.0. The van der Waals surface area contributed by atoms with Gasteiger partial charge in [0.1, 0.15) is 12.4 Å². The molecule has 0 unspecified atom stereocenters. The van der Waals surface area contributed by atoms with Gasteiger partial charge in [-0.2, -0.15) is 0 Å². The largest absolute Gasteiger partial charge is 0.488 e. The molecule has 0 atom stereocenters. The number of anilines is 1. The molecule has 0 aliphatic carbocycles. The van der Waals surface area contributed by atoms with Gasteiger partial charge < -0.3 is 10.1 Å². The van der Waals surface area contributed by atoms with Crippen molar-refractivity contribution in [3.05, 3.63) is 94.0 Å². The Labute approximate surface area is 171 Å². The van der Waals surface area contributed by atoms with Crippen LogP contribution in [-0.2, 0) is 6.61 Å². The first-order chi connectivity index (χ1) is 13.5. The molecule has 1 N–H and O–H groups in total. The van der Waals surface area contributed by atoms with Crippen molar-refractivity contribution in [3.8, 4) is 5.75 Å².